The van der Waals surface area contributed by atoms with E-state index in [1.54, 1.807) is 0 Å². The predicted molar refractivity (Wildman–Crippen MR) is 76.8 cm³/mol. The zero-order valence-electron chi connectivity index (χ0n) is 10.5. The fourth-order valence-electron chi connectivity index (χ4n) is 2.66. The number of halogens is 1. The molecular formula is C14H20BrNO2. The van der Waals surface area contributed by atoms with E-state index in [2.05, 4.69) is 26.9 Å². The normalized spacial score (nSPS) is 19.5. The fraction of sp³-hybridized carbons (Fsp3) is 0.571. The summed E-state index contributed by atoms with van der Waals surface area (Å²) in [5, 5.41) is 18.1. The SMILES string of the molecule is OCCCC1CCCN1c1ccc(CO)cc1Br. The first-order valence-electron chi connectivity index (χ1n) is 6.53. The highest BCUT2D eigenvalue weighted by atomic mass is 79.9. The monoisotopic (exact) mass is 313 g/mol. The molecule has 0 aromatic heterocycles. The molecule has 0 saturated carbocycles. The van der Waals surface area contributed by atoms with Crippen LogP contribution in [0.1, 0.15) is 31.2 Å². The van der Waals surface area contributed by atoms with Gasteiger partial charge >= 0.3 is 0 Å². The number of aliphatic hydroxyl groups excluding tert-OH is 2. The van der Waals surface area contributed by atoms with Crippen molar-refractivity contribution in [3.05, 3.63) is 28.2 Å². The summed E-state index contributed by atoms with van der Waals surface area (Å²) < 4.78 is 1.05. The Balaban J connectivity index is 2.14. The van der Waals surface area contributed by atoms with E-state index < -0.39 is 0 Å². The van der Waals surface area contributed by atoms with Gasteiger partial charge < -0.3 is 15.1 Å². The van der Waals surface area contributed by atoms with Crippen LogP contribution in [-0.4, -0.2) is 29.4 Å². The average molecular weight is 314 g/mol. The molecule has 0 radical (unpaired) electrons. The molecule has 100 valence electrons. The van der Waals surface area contributed by atoms with Gasteiger partial charge in [-0.05, 0) is 59.3 Å². The van der Waals surface area contributed by atoms with Crippen molar-refractivity contribution in [3.8, 4) is 0 Å². The minimum Gasteiger partial charge on any atom is -0.396 e. The summed E-state index contributed by atoms with van der Waals surface area (Å²) in [6, 6.07) is 6.57. The van der Waals surface area contributed by atoms with Crippen LogP contribution in [0.3, 0.4) is 0 Å². The lowest BCUT2D eigenvalue weighted by Crippen LogP contribution is -2.29. The number of anilines is 1. The number of hydrogen-bond donors (Lipinski definition) is 2. The van der Waals surface area contributed by atoms with E-state index in [1.807, 2.05) is 12.1 Å². The Morgan fingerprint density at radius 3 is 2.83 bits per heavy atom. The molecule has 1 aromatic rings. The van der Waals surface area contributed by atoms with Crippen LogP contribution < -0.4 is 4.90 Å². The number of aliphatic hydroxyl groups is 2. The van der Waals surface area contributed by atoms with E-state index in [9.17, 15) is 0 Å². The van der Waals surface area contributed by atoms with Gasteiger partial charge in [-0.15, -0.1) is 0 Å². The quantitative estimate of drug-likeness (QED) is 0.878. The summed E-state index contributed by atoms with van der Waals surface area (Å²) in [7, 11) is 0. The standard InChI is InChI=1S/C14H20BrNO2/c15-13-9-11(10-18)5-6-14(13)16-7-1-3-12(16)4-2-8-17/h5-6,9,12,17-18H,1-4,7-8,10H2. The van der Waals surface area contributed by atoms with Gasteiger partial charge in [-0.3, -0.25) is 0 Å². The van der Waals surface area contributed by atoms with Crippen LogP contribution in [0.25, 0.3) is 0 Å². The molecule has 1 atom stereocenters. The molecule has 2 rings (SSSR count). The number of hydrogen-bond acceptors (Lipinski definition) is 3. The van der Waals surface area contributed by atoms with Gasteiger partial charge in [0, 0.05) is 23.7 Å². The Kier molecular flexibility index (Phi) is 5.03. The maximum Gasteiger partial charge on any atom is 0.0682 e. The zero-order valence-corrected chi connectivity index (χ0v) is 12.1. The van der Waals surface area contributed by atoms with Crippen molar-refractivity contribution in [3.63, 3.8) is 0 Å². The van der Waals surface area contributed by atoms with Gasteiger partial charge in [0.05, 0.1) is 12.3 Å². The largest absolute Gasteiger partial charge is 0.396 e. The van der Waals surface area contributed by atoms with Crippen LogP contribution in [0, 0.1) is 0 Å². The summed E-state index contributed by atoms with van der Waals surface area (Å²) >= 11 is 3.59. The second-order valence-electron chi connectivity index (χ2n) is 4.80. The highest BCUT2D eigenvalue weighted by Crippen LogP contribution is 2.34. The van der Waals surface area contributed by atoms with Crippen LogP contribution >= 0.6 is 15.9 Å². The van der Waals surface area contributed by atoms with E-state index in [-0.39, 0.29) is 13.2 Å². The van der Waals surface area contributed by atoms with Gasteiger partial charge in [-0.2, -0.15) is 0 Å². The van der Waals surface area contributed by atoms with Crippen LogP contribution in [-0.2, 0) is 6.61 Å². The van der Waals surface area contributed by atoms with Gasteiger partial charge in [0.25, 0.3) is 0 Å². The minimum absolute atomic E-state index is 0.0762. The van der Waals surface area contributed by atoms with E-state index in [4.69, 9.17) is 10.2 Å². The minimum atomic E-state index is 0.0762. The van der Waals surface area contributed by atoms with Crippen LogP contribution in [0.5, 0.6) is 0 Å². The van der Waals surface area contributed by atoms with Gasteiger partial charge in [0.2, 0.25) is 0 Å². The highest BCUT2D eigenvalue weighted by molar-refractivity contribution is 9.10. The lowest BCUT2D eigenvalue weighted by Gasteiger charge is -2.28. The molecule has 1 fully saturated rings. The molecule has 1 unspecified atom stereocenters. The topological polar surface area (TPSA) is 43.7 Å². The second-order valence-corrected chi connectivity index (χ2v) is 5.65. The van der Waals surface area contributed by atoms with Crippen molar-refractivity contribution in [2.75, 3.05) is 18.1 Å². The summed E-state index contributed by atoms with van der Waals surface area (Å²) in [4.78, 5) is 2.42. The van der Waals surface area contributed by atoms with E-state index in [0.717, 1.165) is 29.4 Å². The lowest BCUT2D eigenvalue weighted by atomic mass is 10.1. The Labute approximate surface area is 117 Å². The molecule has 3 nitrogen and oxygen atoms in total. The summed E-state index contributed by atoms with van der Waals surface area (Å²) in [5.74, 6) is 0. The van der Waals surface area contributed by atoms with Crippen molar-refractivity contribution in [2.45, 2.75) is 38.3 Å². The first-order chi connectivity index (χ1) is 8.76. The molecule has 18 heavy (non-hydrogen) atoms. The molecule has 2 N–H and O–H groups in total. The second kappa shape index (κ2) is 6.55. The van der Waals surface area contributed by atoms with Crippen molar-refractivity contribution >= 4 is 21.6 Å². The van der Waals surface area contributed by atoms with E-state index in [1.165, 1.54) is 18.5 Å². The first kappa shape index (κ1) is 13.8. The molecular weight excluding hydrogens is 294 g/mol. The third kappa shape index (κ3) is 3.05. The third-order valence-electron chi connectivity index (χ3n) is 3.58. The molecule has 0 aliphatic carbocycles. The Bertz CT molecular complexity index is 397. The average Bonchev–Trinajstić information content (AvgIpc) is 2.84. The fourth-order valence-corrected chi connectivity index (χ4v) is 3.32. The molecule has 1 aromatic carbocycles. The number of nitrogens with zero attached hydrogens (tertiary/aromatic N) is 1. The van der Waals surface area contributed by atoms with Crippen molar-refractivity contribution in [1.82, 2.24) is 0 Å². The molecule has 1 saturated heterocycles. The number of rotatable bonds is 5. The summed E-state index contributed by atoms with van der Waals surface area (Å²) in [5.41, 5.74) is 2.13. The molecule has 1 aliphatic heterocycles. The maximum absolute atomic E-state index is 9.12. The van der Waals surface area contributed by atoms with Gasteiger partial charge in [-0.1, -0.05) is 6.07 Å². The summed E-state index contributed by atoms with van der Waals surface area (Å²) in [6.07, 6.45) is 4.33. The summed E-state index contributed by atoms with van der Waals surface area (Å²) in [6.45, 7) is 1.43. The smallest absolute Gasteiger partial charge is 0.0682 e. The molecule has 0 spiro atoms. The maximum atomic E-state index is 9.12. The van der Waals surface area contributed by atoms with E-state index >= 15 is 0 Å². The molecule has 1 heterocycles. The molecule has 4 heteroatoms. The van der Waals surface area contributed by atoms with Crippen molar-refractivity contribution in [2.24, 2.45) is 0 Å². The van der Waals surface area contributed by atoms with Gasteiger partial charge in [0.1, 0.15) is 0 Å². The first-order valence-corrected chi connectivity index (χ1v) is 7.32. The Morgan fingerprint density at radius 2 is 2.17 bits per heavy atom. The van der Waals surface area contributed by atoms with Crippen LogP contribution in [0.4, 0.5) is 5.69 Å². The van der Waals surface area contributed by atoms with Crippen LogP contribution in [0.2, 0.25) is 0 Å². The molecule has 0 bridgehead atoms. The third-order valence-corrected chi connectivity index (χ3v) is 4.21. The Hall–Kier alpha value is -0.580. The highest BCUT2D eigenvalue weighted by Gasteiger charge is 2.25. The number of benzene rings is 1. The van der Waals surface area contributed by atoms with Crippen LogP contribution in [0.15, 0.2) is 22.7 Å². The zero-order chi connectivity index (χ0) is 13.0. The molecule has 1 aliphatic rings. The Morgan fingerprint density at radius 1 is 1.33 bits per heavy atom. The predicted octanol–water partition coefficient (Wildman–Crippen LogP) is 2.68. The van der Waals surface area contributed by atoms with Gasteiger partial charge in [0.15, 0.2) is 0 Å². The lowest BCUT2D eigenvalue weighted by molar-refractivity contribution is 0.279. The van der Waals surface area contributed by atoms with Crippen molar-refractivity contribution < 1.29 is 10.2 Å². The van der Waals surface area contributed by atoms with E-state index in [0.29, 0.717) is 6.04 Å². The van der Waals surface area contributed by atoms with Crippen molar-refractivity contribution in [1.29, 1.82) is 0 Å². The molecule has 0 amide bonds. The van der Waals surface area contributed by atoms with Gasteiger partial charge in [-0.25, -0.2) is 0 Å².